The number of carbonyl (C=O) groups excluding carboxylic acids is 2. The fraction of sp³-hybridized carbons (Fsp3) is 0.444. The molecule has 6 heteroatoms. The summed E-state index contributed by atoms with van der Waals surface area (Å²) in [5.74, 6) is -0.299. The van der Waals surface area contributed by atoms with Crippen LogP contribution >= 0.6 is 0 Å². The Morgan fingerprint density at radius 1 is 1.21 bits per heavy atom. The number of hydrogen-bond donors (Lipinski definition) is 1. The van der Waals surface area contributed by atoms with Crippen molar-refractivity contribution in [3.05, 3.63) is 29.3 Å². The van der Waals surface area contributed by atoms with E-state index in [0.29, 0.717) is 11.5 Å². The van der Waals surface area contributed by atoms with Crippen molar-refractivity contribution in [1.29, 1.82) is 0 Å². The summed E-state index contributed by atoms with van der Waals surface area (Å²) in [5.41, 5.74) is 0.0930. The summed E-state index contributed by atoms with van der Waals surface area (Å²) in [6.45, 7) is 7.42. The van der Waals surface area contributed by atoms with E-state index in [2.05, 4.69) is 0 Å². The molecule has 0 atom stereocenters. The summed E-state index contributed by atoms with van der Waals surface area (Å²) in [6, 6.07) is 4.75. The monoisotopic (exact) mass is 333 g/mol. The fourth-order valence-electron chi connectivity index (χ4n) is 2.57. The van der Waals surface area contributed by atoms with Crippen LogP contribution in [-0.2, 0) is 9.59 Å². The van der Waals surface area contributed by atoms with Crippen LogP contribution in [0.1, 0.15) is 33.3 Å². The van der Waals surface area contributed by atoms with Gasteiger partial charge < -0.3 is 19.5 Å². The highest BCUT2D eigenvalue weighted by atomic mass is 16.5. The minimum Gasteiger partial charge on any atom is -0.506 e. The van der Waals surface area contributed by atoms with Crippen molar-refractivity contribution in [3.8, 4) is 11.5 Å². The van der Waals surface area contributed by atoms with Gasteiger partial charge in [-0.1, -0.05) is 0 Å². The van der Waals surface area contributed by atoms with Gasteiger partial charge >= 0.3 is 0 Å². The van der Waals surface area contributed by atoms with Gasteiger partial charge in [0.2, 0.25) is 0 Å². The maximum absolute atomic E-state index is 12.4. The molecule has 0 radical (unpaired) electrons. The minimum atomic E-state index is -0.461. The molecule has 1 amide bonds. The van der Waals surface area contributed by atoms with Gasteiger partial charge in [0.1, 0.15) is 22.8 Å². The van der Waals surface area contributed by atoms with Gasteiger partial charge in [-0.15, -0.1) is 0 Å². The Balaban J connectivity index is 2.47. The summed E-state index contributed by atoms with van der Waals surface area (Å²) in [7, 11) is 1.45. The fourth-order valence-corrected chi connectivity index (χ4v) is 2.57. The molecular weight excluding hydrogens is 310 g/mol. The maximum Gasteiger partial charge on any atom is 0.262 e. The quantitative estimate of drug-likeness (QED) is 0.509. The second-order valence-corrected chi connectivity index (χ2v) is 6.20. The summed E-state index contributed by atoms with van der Waals surface area (Å²) in [6.07, 6.45) is -0.00917. The number of aliphatic hydroxyl groups is 1. The van der Waals surface area contributed by atoms with Crippen molar-refractivity contribution in [2.45, 2.75) is 39.8 Å². The van der Waals surface area contributed by atoms with E-state index in [0.717, 1.165) is 0 Å². The molecule has 6 nitrogen and oxygen atoms in total. The van der Waals surface area contributed by atoms with Crippen molar-refractivity contribution in [2.24, 2.45) is 0 Å². The van der Waals surface area contributed by atoms with Gasteiger partial charge in [0.05, 0.1) is 25.3 Å². The summed E-state index contributed by atoms with van der Waals surface area (Å²) < 4.78 is 10.9. The van der Waals surface area contributed by atoms with Gasteiger partial charge in [-0.2, -0.15) is 0 Å². The molecule has 0 spiro atoms. The Morgan fingerprint density at radius 2 is 1.88 bits per heavy atom. The molecule has 1 aromatic carbocycles. The smallest absolute Gasteiger partial charge is 0.262 e. The van der Waals surface area contributed by atoms with Crippen LogP contribution in [0.2, 0.25) is 0 Å². The number of carbonyl (C=O) groups is 2. The van der Waals surface area contributed by atoms with Crippen molar-refractivity contribution in [3.63, 3.8) is 0 Å². The number of likely N-dealkylation sites (tertiary alicyclic amines) is 1. The standard InChI is InChI=1S/C18H23NO5/c1-10(2)19-9-14(20)16(18(19)22)17(21)13-7-6-12(24-11(3)4)8-15(13)23-5/h6-8,10-11,21H,9H2,1-5H3/b17-16-. The highest BCUT2D eigenvalue weighted by Crippen LogP contribution is 2.33. The van der Waals surface area contributed by atoms with Gasteiger partial charge in [0, 0.05) is 12.1 Å². The van der Waals surface area contributed by atoms with Gasteiger partial charge in [0.15, 0.2) is 5.78 Å². The topological polar surface area (TPSA) is 76.1 Å². The molecule has 1 aliphatic rings. The Morgan fingerprint density at radius 3 is 2.38 bits per heavy atom. The van der Waals surface area contributed by atoms with Crippen molar-refractivity contribution < 1.29 is 24.2 Å². The molecule has 0 aliphatic carbocycles. The van der Waals surface area contributed by atoms with E-state index in [1.54, 1.807) is 18.2 Å². The van der Waals surface area contributed by atoms with Crippen LogP contribution < -0.4 is 9.47 Å². The van der Waals surface area contributed by atoms with Crippen LogP contribution in [0.15, 0.2) is 23.8 Å². The molecule has 0 bridgehead atoms. The third kappa shape index (κ3) is 3.37. The van der Waals surface area contributed by atoms with Crippen molar-refractivity contribution in [1.82, 2.24) is 4.90 Å². The van der Waals surface area contributed by atoms with E-state index in [4.69, 9.17) is 9.47 Å². The molecular formula is C18H23NO5. The van der Waals surface area contributed by atoms with E-state index in [9.17, 15) is 14.7 Å². The molecule has 0 aromatic heterocycles. The molecule has 0 saturated carbocycles. The molecule has 1 saturated heterocycles. The molecule has 1 N–H and O–H groups in total. The minimum absolute atomic E-state index is 0.00917. The summed E-state index contributed by atoms with van der Waals surface area (Å²) in [4.78, 5) is 26.0. The van der Waals surface area contributed by atoms with Crippen LogP contribution in [0.25, 0.3) is 5.76 Å². The zero-order chi connectivity index (χ0) is 18.0. The number of nitrogens with zero attached hydrogens (tertiary/aromatic N) is 1. The van der Waals surface area contributed by atoms with Crippen LogP contribution in [0.4, 0.5) is 0 Å². The number of hydrogen-bond acceptors (Lipinski definition) is 5. The predicted octanol–water partition coefficient (Wildman–Crippen LogP) is 2.57. The molecule has 24 heavy (non-hydrogen) atoms. The lowest BCUT2D eigenvalue weighted by Crippen LogP contribution is -2.32. The number of benzene rings is 1. The van der Waals surface area contributed by atoms with Gasteiger partial charge in [0.25, 0.3) is 5.91 Å². The summed E-state index contributed by atoms with van der Waals surface area (Å²) in [5, 5.41) is 10.5. The van der Waals surface area contributed by atoms with Crippen molar-refractivity contribution >= 4 is 17.4 Å². The van der Waals surface area contributed by atoms with Crippen molar-refractivity contribution in [2.75, 3.05) is 13.7 Å². The zero-order valence-electron chi connectivity index (χ0n) is 14.6. The highest BCUT2D eigenvalue weighted by molar-refractivity contribution is 6.28. The highest BCUT2D eigenvalue weighted by Gasteiger charge is 2.38. The number of methoxy groups -OCH3 is 1. The number of ketones is 1. The lowest BCUT2D eigenvalue weighted by atomic mass is 10.1. The van der Waals surface area contributed by atoms with Crippen LogP contribution in [0, 0.1) is 0 Å². The Bertz CT molecular complexity index is 691. The van der Waals surface area contributed by atoms with Gasteiger partial charge in [-0.25, -0.2) is 0 Å². The predicted molar refractivity (Wildman–Crippen MR) is 90.2 cm³/mol. The van der Waals surface area contributed by atoms with Gasteiger partial charge in [-0.3, -0.25) is 9.59 Å². The van der Waals surface area contributed by atoms with Crippen LogP contribution in [0.3, 0.4) is 0 Å². The van der Waals surface area contributed by atoms with E-state index in [1.807, 2.05) is 27.7 Å². The number of rotatable bonds is 5. The second-order valence-electron chi connectivity index (χ2n) is 6.20. The molecule has 1 aromatic rings. The molecule has 2 rings (SSSR count). The SMILES string of the molecule is COc1cc(OC(C)C)ccc1/C(O)=C1\C(=O)CN(C(C)C)C1=O. The van der Waals surface area contributed by atoms with E-state index >= 15 is 0 Å². The number of amides is 1. The Kier molecular flexibility index (Phi) is 5.17. The first-order valence-electron chi connectivity index (χ1n) is 7.88. The van der Waals surface area contributed by atoms with E-state index < -0.39 is 11.7 Å². The first-order chi connectivity index (χ1) is 11.3. The molecule has 0 unspecified atom stereocenters. The third-order valence-electron chi connectivity index (χ3n) is 3.73. The lowest BCUT2D eigenvalue weighted by Gasteiger charge is -2.18. The van der Waals surface area contributed by atoms with Crippen LogP contribution in [0.5, 0.6) is 11.5 Å². The Labute approximate surface area is 141 Å². The average Bonchev–Trinajstić information content (AvgIpc) is 2.81. The molecule has 1 aliphatic heterocycles. The first-order valence-corrected chi connectivity index (χ1v) is 7.88. The molecule has 130 valence electrons. The van der Waals surface area contributed by atoms with E-state index in [-0.39, 0.29) is 35.6 Å². The average molecular weight is 333 g/mol. The second kappa shape index (κ2) is 6.95. The van der Waals surface area contributed by atoms with Crippen LogP contribution in [-0.4, -0.2) is 47.5 Å². The normalized spacial score (nSPS) is 17.0. The zero-order valence-corrected chi connectivity index (χ0v) is 14.6. The molecule has 1 heterocycles. The van der Waals surface area contributed by atoms with E-state index in [1.165, 1.54) is 12.0 Å². The maximum atomic E-state index is 12.4. The summed E-state index contributed by atoms with van der Waals surface area (Å²) >= 11 is 0. The lowest BCUT2D eigenvalue weighted by molar-refractivity contribution is -0.126. The largest absolute Gasteiger partial charge is 0.506 e. The third-order valence-corrected chi connectivity index (χ3v) is 3.73. The number of aliphatic hydroxyl groups excluding tert-OH is 1. The Hall–Kier alpha value is -2.50. The van der Waals surface area contributed by atoms with Gasteiger partial charge in [-0.05, 0) is 39.8 Å². The number of Topliss-reactive ketones (excluding diaryl/α,β-unsaturated/α-hetero) is 1. The molecule has 1 fully saturated rings. The first kappa shape index (κ1) is 17.8. The number of ether oxygens (including phenoxy) is 2.